The van der Waals surface area contributed by atoms with Gasteiger partial charge in [0.25, 0.3) is 0 Å². The van der Waals surface area contributed by atoms with Crippen LogP contribution in [0.4, 0.5) is 0 Å². The fraction of sp³-hybridized carbons (Fsp3) is 0.375. The van der Waals surface area contributed by atoms with Crippen LogP contribution in [0.25, 0.3) is 0 Å². The predicted octanol–water partition coefficient (Wildman–Crippen LogP) is 1.68. The molecule has 56 valence electrons. The van der Waals surface area contributed by atoms with Gasteiger partial charge >= 0.3 is 5.97 Å². The Morgan fingerprint density at radius 1 is 2.00 bits per heavy atom. The maximum Gasteiger partial charge on any atom is 0.330 e. The van der Waals surface area contributed by atoms with Crippen molar-refractivity contribution in [1.82, 2.24) is 0 Å². The van der Waals surface area contributed by atoms with E-state index in [1.54, 1.807) is 0 Å². The Bertz CT molecular complexity index is 320. The van der Waals surface area contributed by atoms with Crippen molar-refractivity contribution in [1.29, 1.82) is 0 Å². The number of rotatable bonds is 3. The van der Waals surface area contributed by atoms with E-state index < -0.39 is 31.3 Å². The lowest BCUT2D eigenvalue weighted by atomic mass is 10.3. The third-order valence-electron chi connectivity index (χ3n) is 0.648. The van der Waals surface area contributed by atoms with Gasteiger partial charge < -0.3 is 4.74 Å². The lowest BCUT2D eigenvalue weighted by Crippen LogP contribution is -1.92. The number of carbonyl (C=O) groups is 1. The molecule has 0 amide bonds. The molecule has 0 rings (SSSR count). The zero-order valence-electron chi connectivity index (χ0n) is 11.5. The van der Waals surface area contributed by atoms with Crippen molar-refractivity contribution in [2.45, 2.75) is 13.2 Å². The Kier molecular flexibility index (Phi) is 1.77. The summed E-state index contributed by atoms with van der Waals surface area (Å²) in [5.74, 6) is -0.781. The van der Waals surface area contributed by atoms with Crippen molar-refractivity contribution in [2.75, 3.05) is 7.11 Å². The van der Waals surface area contributed by atoms with E-state index in [0.717, 1.165) is 19.3 Å². The number of ether oxygens (including phenoxy) is 1. The molecule has 0 unspecified atom stereocenters. The van der Waals surface area contributed by atoms with E-state index in [-0.39, 0.29) is 0 Å². The molecule has 0 radical (unpaired) electrons. The summed E-state index contributed by atoms with van der Waals surface area (Å²) in [4.78, 5) is 10.7. The van der Waals surface area contributed by atoms with Crippen LogP contribution in [0.15, 0.2) is 24.3 Å². The number of allylic oxidation sites excluding steroid dienone is 3. The molecule has 0 aromatic carbocycles. The minimum absolute atomic E-state index is 0.750. The van der Waals surface area contributed by atoms with Gasteiger partial charge in [-0.05, 0) is 13.2 Å². The minimum atomic E-state index is -2.37. The maximum atomic E-state index is 10.7. The van der Waals surface area contributed by atoms with E-state index in [2.05, 4.69) is 4.74 Å². The Morgan fingerprint density at radius 3 is 3.40 bits per heavy atom. The monoisotopic (exact) mass is 146 g/mol. The summed E-state index contributed by atoms with van der Waals surface area (Å²) < 4.78 is 47.1. The summed E-state index contributed by atoms with van der Waals surface area (Å²) in [5, 5.41) is 0. The van der Waals surface area contributed by atoms with Crippen molar-refractivity contribution in [2.24, 2.45) is 0 Å². The van der Waals surface area contributed by atoms with Crippen LogP contribution in [0.5, 0.6) is 0 Å². The minimum Gasteiger partial charge on any atom is -0.466 e. The van der Waals surface area contributed by atoms with Gasteiger partial charge in [-0.3, -0.25) is 0 Å². The fourth-order valence-electron chi connectivity index (χ4n) is 0.261. The van der Waals surface area contributed by atoms with Gasteiger partial charge in [0.1, 0.15) is 0 Å². The van der Waals surface area contributed by atoms with Gasteiger partial charge in [-0.1, -0.05) is 18.2 Å². The van der Waals surface area contributed by atoms with Gasteiger partial charge in [-0.15, -0.1) is 0 Å². The molecule has 0 aromatic rings. The van der Waals surface area contributed by atoms with Gasteiger partial charge in [0.2, 0.25) is 0 Å². The molecule has 0 fully saturated rings. The largest absolute Gasteiger partial charge is 0.466 e. The van der Waals surface area contributed by atoms with Crippen molar-refractivity contribution in [3.05, 3.63) is 24.3 Å². The van der Waals surface area contributed by atoms with E-state index in [0.29, 0.717) is 0 Å². The summed E-state index contributed by atoms with van der Waals surface area (Å²) in [6.07, 6.45) is -0.811. The summed E-state index contributed by atoms with van der Waals surface area (Å²) >= 11 is 0. The highest BCUT2D eigenvalue weighted by Crippen LogP contribution is 1.86. The Hall–Kier alpha value is -1.05. The van der Waals surface area contributed by atoms with Crippen LogP contribution < -0.4 is 0 Å². The SMILES string of the molecule is [2H]/C(=C(/[2H])C([2H])([2H])/C=C/C(=O)OC)C([2H])[2H]. The highest BCUT2D eigenvalue weighted by atomic mass is 16.5. The maximum absolute atomic E-state index is 10.7. The molecule has 10 heavy (non-hydrogen) atoms. The van der Waals surface area contributed by atoms with Crippen LogP contribution in [-0.2, 0) is 9.53 Å². The Balaban J connectivity index is 4.99. The van der Waals surface area contributed by atoms with Crippen molar-refractivity contribution in [3.63, 3.8) is 0 Å². The smallest absolute Gasteiger partial charge is 0.330 e. The zero-order valence-corrected chi connectivity index (χ0v) is 5.55. The zero-order chi connectivity index (χ0) is 12.9. The summed E-state index contributed by atoms with van der Waals surface area (Å²) in [6.45, 7) is -1.73. The summed E-state index contributed by atoms with van der Waals surface area (Å²) in [6, 6.07) is -1.57. The van der Waals surface area contributed by atoms with Crippen LogP contribution in [0.2, 0.25) is 0 Å². The standard InChI is InChI=1S/C8H12O2/c1-3-4-5-6-7-8(9)10-2/h3-4,6-7H,5H2,1-2H3/b4-3+,7-6+/i1D2,3D,4D,5D2. The lowest BCUT2D eigenvalue weighted by molar-refractivity contribution is -0.134. The molecule has 0 saturated carbocycles. The predicted molar refractivity (Wildman–Crippen MR) is 40.6 cm³/mol. The number of esters is 1. The molecule has 0 aliphatic carbocycles. The molecule has 0 spiro atoms. The third kappa shape index (κ3) is 5.09. The molecular weight excluding hydrogens is 128 g/mol. The fourth-order valence-corrected chi connectivity index (χ4v) is 0.261. The molecule has 0 heterocycles. The summed E-state index contributed by atoms with van der Waals surface area (Å²) in [5.41, 5.74) is 0. The first-order chi connectivity index (χ1) is 7.22. The van der Waals surface area contributed by atoms with Crippen LogP contribution in [0.1, 0.15) is 21.5 Å². The summed E-state index contributed by atoms with van der Waals surface area (Å²) in [7, 11) is 1.12. The Labute approximate surface area is 69.6 Å². The average molecular weight is 146 g/mol. The third-order valence-corrected chi connectivity index (χ3v) is 0.648. The molecular formula is C8H12O2. The molecule has 0 aromatic heterocycles. The molecule has 0 aliphatic heterocycles. The lowest BCUT2D eigenvalue weighted by Gasteiger charge is -1.86. The van der Waals surface area contributed by atoms with Crippen LogP contribution >= 0.6 is 0 Å². The number of hydrogen-bond donors (Lipinski definition) is 0. The van der Waals surface area contributed by atoms with E-state index >= 15 is 0 Å². The molecule has 2 heteroatoms. The molecule has 2 nitrogen and oxygen atoms in total. The quantitative estimate of drug-likeness (QED) is 0.344. The van der Waals surface area contributed by atoms with Crippen LogP contribution in [0, 0.1) is 0 Å². The topological polar surface area (TPSA) is 26.3 Å². The van der Waals surface area contributed by atoms with Crippen molar-refractivity contribution in [3.8, 4) is 0 Å². The van der Waals surface area contributed by atoms with E-state index in [1.165, 1.54) is 0 Å². The molecule has 0 aliphatic rings. The van der Waals surface area contributed by atoms with Gasteiger partial charge in [-0.25, -0.2) is 4.79 Å². The van der Waals surface area contributed by atoms with Gasteiger partial charge in [0.15, 0.2) is 0 Å². The van der Waals surface area contributed by atoms with Gasteiger partial charge in [-0.2, -0.15) is 0 Å². The normalized spacial score (nSPS) is 23.4. The average Bonchev–Trinajstić information content (AvgIpc) is 2.23. The van der Waals surface area contributed by atoms with Crippen molar-refractivity contribution >= 4 is 5.97 Å². The molecule has 0 bridgehead atoms. The van der Waals surface area contributed by atoms with Gasteiger partial charge in [0, 0.05) is 11.6 Å². The first-order valence-electron chi connectivity index (χ1n) is 5.67. The van der Waals surface area contributed by atoms with Gasteiger partial charge in [0.05, 0.1) is 9.85 Å². The highest BCUT2D eigenvalue weighted by molar-refractivity contribution is 5.81. The van der Waals surface area contributed by atoms with E-state index in [9.17, 15) is 4.79 Å². The number of hydrogen-bond acceptors (Lipinski definition) is 2. The second kappa shape index (κ2) is 6.08. The second-order valence-corrected chi connectivity index (χ2v) is 1.27. The number of methoxy groups -OCH3 is 1. The van der Waals surface area contributed by atoms with E-state index in [4.69, 9.17) is 8.22 Å². The van der Waals surface area contributed by atoms with Crippen LogP contribution in [-0.4, -0.2) is 13.1 Å². The number of carbonyl (C=O) groups excluding carboxylic acids is 1. The molecule has 0 saturated heterocycles. The highest BCUT2D eigenvalue weighted by Gasteiger charge is 1.86. The second-order valence-electron chi connectivity index (χ2n) is 1.27. The first-order valence-corrected chi connectivity index (χ1v) is 2.52. The van der Waals surface area contributed by atoms with Crippen LogP contribution in [0.3, 0.4) is 0 Å². The first kappa shape index (κ1) is 2.91. The van der Waals surface area contributed by atoms with Crippen molar-refractivity contribution < 1.29 is 17.8 Å². The molecule has 0 N–H and O–H groups in total. The molecule has 0 atom stereocenters. The van der Waals surface area contributed by atoms with E-state index in [1.807, 2.05) is 0 Å². The Morgan fingerprint density at radius 2 is 2.80 bits per heavy atom.